The predicted octanol–water partition coefficient (Wildman–Crippen LogP) is 11.8. The normalized spacial score (nSPS) is 11.0. The molecular formula is C48H38N6. The van der Waals surface area contributed by atoms with Crippen LogP contribution in [0.2, 0.25) is 0 Å². The van der Waals surface area contributed by atoms with Gasteiger partial charge in [-0.25, -0.2) is 19.9 Å². The number of hydrogen-bond acceptors (Lipinski definition) is 5. The van der Waals surface area contributed by atoms with E-state index in [0.717, 1.165) is 78.5 Å². The molecule has 0 unspecified atom stereocenters. The molecule has 0 N–H and O–H groups in total. The van der Waals surface area contributed by atoms with E-state index in [1.54, 1.807) is 0 Å². The van der Waals surface area contributed by atoms with Crippen LogP contribution in [-0.2, 0) is 0 Å². The molecule has 0 bridgehead atoms. The van der Waals surface area contributed by atoms with Crippen LogP contribution >= 0.6 is 0 Å². The lowest BCUT2D eigenvalue weighted by molar-refractivity contribution is 1.07. The molecule has 0 radical (unpaired) electrons. The summed E-state index contributed by atoms with van der Waals surface area (Å²) >= 11 is 0. The maximum atomic E-state index is 5.09. The van der Waals surface area contributed by atoms with Gasteiger partial charge in [-0.05, 0) is 73.0 Å². The van der Waals surface area contributed by atoms with Crippen molar-refractivity contribution in [1.29, 1.82) is 0 Å². The van der Waals surface area contributed by atoms with Gasteiger partial charge in [0.25, 0.3) is 0 Å². The standard InChI is InChI=1S/C47H34N6.CH4/c1-31-24-25-41(32(2)48-31)39-28-38(29-40(30-39)47-51-45(34-17-8-4-9-18-34)50-46(52-47)35-19-10-5-11-20-35)36-21-14-22-37(27-36)44-43(33-15-6-3-7-16-33)49-42-23-12-13-26-53(42)44;/h3-30H,1-2H3;1H4. The molecular weight excluding hydrogens is 661 g/mol. The van der Waals surface area contributed by atoms with Crippen LogP contribution in [0.15, 0.2) is 170 Å². The van der Waals surface area contributed by atoms with Crippen molar-refractivity contribution in [2.24, 2.45) is 0 Å². The van der Waals surface area contributed by atoms with Crippen LogP contribution in [0.3, 0.4) is 0 Å². The van der Waals surface area contributed by atoms with Gasteiger partial charge in [0.05, 0.1) is 11.4 Å². The molecule has 0 aliphatic heterocycles. The number of benzene rings is 5. The number of pyridine rings is 2. The Bertz CT molecular complexity index is 2680. The average molecular weight is 699 g/mol. The molecule has 54 heavy (non-hydrogen) atoms. The zero-order chi connectivity index (χ0) is 35.7. The summed E-state index contributed by atoms with van der Waals surface area (Å²) in [6.07, 6.45) is 2.08. The topological polar surface area (TPSA) is 68.9 Å². The third-order valence-corrected chi connectivity index (χ3v) is 9.47. The Hall–Kier alpha value is -7.05. The van der Waals surface area contributed by atoms with E-state index >= 15 is 0 Å². The number of imidazole rings is 1. The maximum absolute atomic E-state index is 5.09. The Morgan fingerprint density at radius 2 is 0.907 bits per heavy atom. The van der Waals surface area contributed by atoms with Crippen molar-refractivity contribution in [2.75, 3.05) is 0 Å². The molecule has 0 aliphatic carbocycles. The number of aromatic nitrogens is 6. The van der Waals surface area contributed by atoms with Gasteiger partial charge in [0.2, 0.25) is 0 Å². The Morgan fingerprint density at radius 3 is 1.56 bits per heavy atom. The second-order valence-corrected chi connectivity index (χ2v) is 13.1. The van der Waals surface area contributed by atoms with Crippen molar-refractivity contribution in [2.45, 2.75) is 21.3 Å². The second-order valence-electron chi connectivity index (χ2n) is 13.1. The summed E-state index contributed by atoms with van der Waals surface area (Å²) in [6.45, 7) is 4.09. The minimum Gasteiger partial charge on any atom is -0.299 e. The maximum Gasteiger partial charge on any atom is 0.164 e. The molecule has 9 aromatic rings. The Morgan fingerprint density at radius 1 is 0.389 bits per heavy atom. The van der Waals surface area contributed by atoms with Gasteiger partial charge < -0.3 is 0 Å². The molecule has 0 aliphatic rings. The van der Waals surface area contributed by atoms with Gasteiger partial charge in [-0.1, -0.05) is 129 Å². The zero-order valence-electron chi connectivity index (χ0n) is 29.3. The van der Waals surface area contributed by atoms with E-state index in [2.05, 4.69) is 102 Å². The molecule has 0 fully saturated rings. The summed E-state index contributed by atoms with van der Waals surface area (Å²) in [5, 5.41) is 0. The van der Waals surface area contributed by atoms with E-state index in [9.17, 15) is 0 Å². The van der Waals surface area contributed by atoms with Crippen molar-refractivity contribution < 1.29 is 0 Å². The van der Waals surface area contributed by atoms with Crippen molar-refractivity contribution in [1.82, 2.24) is 29.3 Å². The van der Waals surface area contributed by atoms with E-state index in [1.165, 1.54) is 0 Å². The van der Waals surface area contributed by atoms with Crippen molar-refractivity contribution in [3.63, 3.8) is 0 Å². The first-order valence-corrected chi connectivity index (χ1v) is 17.7. The van der Waals surface area contributed by atoms with Crippen molar-refractivity contribution in [3.05, 3.63) is 181 Å². The van der Waals surface area contributed by atoms with Gasteiger partial charge in [-0.2, -0.15) is 0 Å². The highest BCUT2D eigenvalue weighted by atomic mass is 15.0. The summed E-state index contributed by atoms with van der Waals surface area (Å²) in [5.74, 6) is 1.85. The Balaban J connectivity index is 0.00000413. The molecule has 0 saturated carbocycles. The zero-order valence-corrected chi connectivity index (χ0v) is 29.3. The summed E-state index contributed by atoms with van der Waals surface area (Å²) in [6, 6.07) is 56.2. The first-order valence-electron chi connectivity index (χ1n) is 17.7. The number of hydrogen-bond donors (Lipinski definition) is 0. The van der Waals surface area contributed by atoms with Crippen LogP contribution in [0, 0.1) is 13.8 Å². The fraction of sp³-hybridized carbons (Fsp3) is 0.0625. The highest BCUT2D eigenvalue weighted by molar-refractivity contribution is 5.86. The minimum absolute atomic E-state index is 0. The quantitative estimate of drug-likeness (QED) is 0.166. The van der Waals surface area contributed by atoms with Crippen LogP contribution in [0.5, 0.6) is 0 Å². The Labute approximate surface area is 315 Å². The lowest BCUT2D eigenvalue weighted by atomic mass is 9.93. The fourth-order valence-corrected chi connectivity index (χ4v) is 6.92. The number of rotatable bonds is 7. The third-order valence-electron chi connectivity index (χ3n) is 9.47. The molecule has 0 saturated heterocycles. The lowest BCUT2D eigenvalue weighted by Gasteiger charge is -2.14. The molecule has 0 amide bonds. The summed E-state index contributed by atoms with van der Waals surface area (Å²) in [7, 11) is 0. The summed E-state index contributed by atoms with van der Waals surface area (Å²) in [4.78, 5) is 25.0. The third kappa shape index (κ3) is 6.57. The number of aryl methyl sites for hydroxylation is 2. The first kappa shape index (κ1) is 34.1. The van der Waals surface area contributed by atoms with Gasteiger partial charge >= 0.3 is 0 Å². The lowest BCUT2D eigenvalue weighted by Crippen LogP contribution is -2.01. The number of nitrogens with zero attached hydrogens (tertiary/aromatic N) is 6. The molecule has 260 valence electrons. The molecule has 9 rings (SSSR count). The van der Waals surface area contributed by atoms with E-state index in [0.29, 0.717) is 17.5 Å². The summed E-state index contributed by atoms with van der Waals surface area (Å²) in [5.41, 5.74) is 13.9. The van der Waals surface area contributed by atoms with E-state index < -0.39 is 0 Å². The van der Waals surface area contributed by atoms with Crippen LogP contribution in [0.1, 0.15) is 18.8 Å². The molecule has 6 heteroatoms. The molecule has 5 aromatic carbocycles. The van der Waals surface area contributed by atoms with Crippen molar-refractivity contribution >= 4 is 5.65 Å². The van der Waals surface area contributed by atoms with Crippen LogP contribution in [0.4, 0.5) is 0 Å². The number of fused-ring (bicyclic) bond motifs is 1. The monoisotopic (exact) mass is 698 g/mol. The minimum atomic E-state index is 0. The van der Waals surface area contributed by atoms with Gasteiger partial charge in [0.15, 0.2) is 17.5 Å². The van der Waals surface area contributed by atoms with E-state index in [-0.39, 0.29) is 7.43 Å². The molecule has 6 nitrogen and oxygen atoms in total. The summed E-state index contributed by atoms with van der Waals surface area (Å²) < 4.78 is 2.17. The highest BCUT2D eigenvalue weighted by Crippen LogP contribution is 2.38. The molecule has 4 heterocycles. The predicted molar refractivity (Wildman–Crippen MR) is 221 cm³/mol. The fourth-order valence-electron chi connectivity index (χ4n) is 6.92. The van der Waals surface area contributed by atoms with Crippen LogP contribution in [-0.4, -0.2) is 29.3 Å². The highest BCUT2D eigenvalue weighted by Gasteiger charge is 2.19. The second kappa shape index (κ2) is 14.5. The van der Waals surface area contributed by atoms with E-state index in [4.69, 9.17) is 24.9 Å². The Kier molecular flexibility index (Phi) is 9.16. The smallest absolute Gasteiger partial charge is 0.164 e. The van der Waals surface area contributed by atoms with E-state index in [1.807, 2.05) is 85.8 Å². The van der Waals surface area contributed by atoms with Crippen molar-refractivity contribution in [3.8, 4) is 78.9 Å². The van der Waals surface area contributed by atoms with Gasteiger partial charge in [-0.3, -0.25) is 9.38 Å². The SMILES string of the molecule is C.Cc1ccc(-c2cc(-c3cccc(-c4c(-c5ccccc5)nc5ccccn45)c3)cc(-c3nc(-c4ccccc4)nc(-c4ccccc4)n3)c2)c(C)n1. The average Bonchev–Trinajstić information content (AvgIpc) is 3.61. The first-order chi connectivity index (χ1) is 26.1. The molecule has 0 spiro atoms. The largest absolute Gasteiger partial charge is 0.299 e. The van der Waals surface area contributed by atoms with Crippen LogP contribution < -0.4 is 0 Å². The van der Waals surface area contributed by atoms with Gasteiger partial charge in [-0.15, -0.1) is 0 Å². The van der Waals surface area contributed by atoms with Crippen LogP contribution in [0.25, 0.3) is 84.6 Å². The molecule has 0 atom stereocenters. The molecule has 4 aromatic heterocycles. The van der Waals surface area contributed by atoms with Gasteiger partial charge in [0, 0.05) is 51.0 Å². The van der Waals surface area contributed by atoms with Gasteiger partial charge in [0.1, 0.15) is 5.65 Å².